The van der Waals surface area contributed by atoms with E-state index >= 15 is 0 Å². The van der Waals surface area contributed by atoms with E-state index in [4.69, 9.17) is 9.47 Å². The molecule has 0 saturated heterocycles. The van der Waals surface area contributed by atoms with Gasteiger partial charge in [0, 0.05) is 39.1 Å². The van der Waals surface area contributed by atoms with Gasteiger partial charge in [0.1, 0.15) is 5.82 Å². The second kappa shape index (κ2) is 8.68. The van der Waals surface area contributed by atoms with E-state index in [1.54, 1.807) is 7.05 Å². The van der Waals surface area contributed by atoms with Gasteiger partial charge in [0.2, 0.25) is 6.79 Å². The second-order valence-electron chi connectivity index (χ2n) is 6.89. The second-order valence-corrected chi connectivity index (χ2v) is 6.89. The number of rotatable bonds is 6. The van der Waals surface area contributed by atoms with Crippen LogP contribution >= 0.6 is 0 Å². The van der Waals surface area contributed by atoms with Gasteiger partial charge >= 0.3 is 0 Å². The molecule has 7 heteroatoms. The van der Waals surface area contributed by atoms with Crippen molar-refractivity contribution in [3.63, 3.8) is 0 Å². The molecule has 0 unspecified atom stereocenters. The maximum absolute atomic E-state index is 5.43. The molecule has 0 atom stereocenters. The number of nitrogens with zero attached hydrogens (tertiary/aromatic N) is 3. The summed E-state index contributed by atoms with van der Waals surface area (Å²) in [6, 6.07) is 14.5. The van der Waals surface area contributed by atoms with E-state index in [0.29, 0.717) is 13.1 Å². The summed E-state index contributed by atoms with van der Waals surface area (Å²) in [6.45, 7) is 4.46. The molecule has 2 aromatic carbocycles. The van der Waals surface area contributed by atoms with Gasteiger partial charge in [0.15, 0.2) is 17.5 Å². The summed E-state index contributed by atoms with van der Waals surface area (Å²) >= 11 is 0. The van der Waals surface area contributed by atoms with Crippen LogP contribution in [-0.4, -0.2) is 29.4 Å². The number of aryl methyl sites for hydroxylation is 1. The molecular weight excluding hydrogens is 366 g/mol. The van der Waals surface area contributed by atoms with Crippen LogP contribution in [0.15, 0.2) is 59.9 Å². The maximum Gasteiger partial charge on any atom is 0.231 e. The van der Waals surface area contributed by atoms with Crippen molar-refractivity contribution in [2.45, 2.75) is 26.6 Å². The summed E-state index contributed by atoms with van der Waals surface area (Å²) in [4.78, 5) is 8.59. The highest BCUT2D eigenvalue weighted by atomic mass is 16.7. The fraction of sp³-hybridized carbons (Fsp3) is 0.273. The van der Waals surface area contributed by atoms with Crippen LogP contribution in [0, 0.1) is 6.92 Å². The van der Waals surface area contributed by atoms with Gasteiger partial charge in [-0.3, -0.25) is 4.99 Å². The maximum atomic E-state index is 5.43. The molecule has 4 rings (SSSR count). The molecule has 1 aliphatic rings. The van der Waals surface area contributed by atoms with Crippen LogP contribution in [0.25, 0.3) is 0 Å². The molecule has 0 spiro atoms. The Morgan fingerprint density at radius 2 is 1.79 bits per heavy atom. The number of aromatic nitrogens is 2. The van der Waals surface area contributed by atoms with E-state index in [0.717, 1.165) is 35.4 Å². The minimum absolute atomic E-state index is 0.287. The minimum atomic E-state index is 0.287. The fourth-order valence-corrected chi connectivity index (χ4v) is 3.25. The summed E-state index contributed by atoms with van der Waals surface area (Å²) in [5.74, 6) is 3.35. The molecule has 2 heterocycles. The Hall–Kier alpha value is -3.48. The van der Waals surface area contributed by atoms with Crippen molar-refractivity contribution in [1.82, 2.24) is 20.2 Å². The number of nitrogens with one attached hydrogen (secondary N) is 2. The summed E-state index contributed by atoms with van der Waals surface area (Å²) in [5, 5.41) is 6.71. The van der Waals surface area contributed by atoms with Gasteiger partial charge in [-0.2, -0.15) is 0 Å². The monoisotopic (exact) mass is 391 g/mol. The molecule has 1 aromatic heterocycles. The molecule has 1 aliphatic heterocycles. The molecule has 0 fully saturated rings. The smallest absolute Gasteiger partial charge is 0.231 e. The van der Waals surface area contributed by atoms with E-state index in [1.165, 1.54) is 11.1 Å². The van der Waals surface area contributed by atoms with Crippen molar-refractivity contribution in [1.29, 1.82) is 0 Å². The Balaban J connectivity index is 1.31. The van der Waals surface area contributed by atoms with Gasteiger partial charge in [0.05, 0.1) is 0 Å². The first kappa shape index (κ1) is 18.9. The molecule has 0 saturated carbocycles. The van der Waals surface area contributed by atoms with Crippen LogP contribution in [0.2, 0.25) is 0 Å². The fourth-order valence-electron chi connectivity index (χ4n) is 3.25. The average molecular weight is 391 g/mol. The molecule has 3 aromatic rings. The lowest BCUT2D eigenvalue weighted by molar-refractivity contribution is 0.174. The van der Waals surface area contributed by atoms with Gasteiger partial charge in [-0.25, -0.2) is 4.98 Å². The first-order chi connectivity index (χ1) is 14.2. The third-order valence-electron chi connectivity index (χ3n) is 4.85. The number of guanidine groups is 1. The summed E-state index contributed by atoms with van der Waals surface area (Å²) in [5.41, 5.74) is 3.55. The highest BCUT2D eigenvalue weighted by Gasteiger charge is 2.13. The zero-order chi connectivity index (χ0) is 20.1. The normalized spacial score (nSPS) is 12.8. The zero-order valence-corrected chi connectivity index (χ0v) is 16.7. The van der Waals surface area contributed by atoms with Gasteiger partial charge in [-0.1, -0.05) is 30.3 Å². The predicted octanol–water partition coefficient (Wildman–Crippen LogP) is 2.83. The lowest BCUT2D eigenvalue weighted by Gasteiger charge is -2.13. The standard InChI is InChI=1S/C22H25N5O2/c1-16-24-8-9-27(16)14-19-5-3-4-17(10-19)12-25-22(23-2)26-13-18-6-7-20-21(11-18)29-15-28-20/h3-11H,12-15H2,1-2H3,(H2,23,25,26). The van der Waals surface area contributed by atoms with Crippen molar-refractivity contribution in [3.8, 4) is 11.5 Å². The molecule has 0 aliphatic carbocycles. The van der Waals surface area contributed by atoms with E-state index < -0.39 is 0 Å². The quantitative estimate of drug-likeness (QED) is 0.499. The highest BCUT2D eigenvalue weighted by Crippen LogP contribution is 2.32. The van der Waals surface area contributed by atoms with Crippen LogP contribution in [0.5, 0.6) is 11.5 Å². The van der Waals surface area contributed by atoms with Crippen molar-refractivity contribution >= 4 is 5.96 Å². The lowest BCUT2D eigenvalue weighted by atomic mass is 10.1. The largest absolute Gasteiger partial charge is 0.454 e. The van der Waals surface area contributed by atoms with E-state index in [-0.39, 0.29) is 6.79 Å². The number of ether oxygens (including phenoxy) is 2. The molecule has 7 nitrogen and oxygen atoms in total. The Kier molecular flexibility index (Phi) is 5.65. The number of benzene rings is 2. The van der Waals surface area contributed by atoms with Crippen molar-refractivity contribution < 1.29 is 9.47 Å². The van der Waals surface area contributed by atoms with Crippen LogP contribution in [-0.2, 0) is 19.6 Å². The SMILES string of the molecule is CN=C(NCc1cccc(Cn2ccnc2C)c1)NCc1ccc2c(c1)OCO2. The first-order valence-corrected chi connectivity index (χ1v) is 9.60. The van der Waals surface area contributed by atoms with Crippen LogP contribution in [0.1, 0.15) is 22.5 Å². The molecule has 29 heavy (non-hydrogen) atoms. The predicted molar refractivity (Wildman–Crippen MR) is 112 cm³/mol. The summed E-state index contributed by atoms with van der Waals surface area (Å²) < 4.78 is 12.9. The highest BCUT2D eigenvalue weighted by molar-refractivity contribution is 5.79. The average Bonchev–Trinajstić information content (AvgIpc) is 3.37. The van der Waals surface area contributed by atoms with Crippen molar-refractivity contribution in [2.75, 3.05) is 13.8 Å². The van der Waals surface area contributed by atoms with Gasteiger partial charge in [-0.05, 0) is 35.7 Å². The molecule has 0 amide bonds. The Morgan fingerprint density at radius 3 is 2.55 bits per heavy atom. The topological polar surface area (TPSA) is 72.7 Å². The molecule has 2 N–H and O–H groups in total. The van der Waals surface area contributed by atoms with E-state index in [9.17, 15) is 0 Å². The Labute approximate surface area is 170 Å². The molecule has 0 radical (unpaired) electrons. The molecular formula is C22H25N5O2. The van der Waals surface area contributed by atoms with Crippen LogP contribution < -0.4 is 20.1 Å². The van der Waals surface area contributed by atoms with Crippen LogP contribution in [0.3, 0.4) is 0 Å². The number of hydrogen-bond acceptors (Lipinski definition) is 4. The molecule has 0 bridgehead atoms. The number of fused-ring (bicyclic) bond motifs is 1. The van der Waals surface area contributed by atoms with Gasteiger partial charge in [0.25, 0.3) is 0 Å². The third-order valence-corrected chi connectivity index (χ3v) is 4.85. The van der Waals surface area contributed by atoms with E-state index in [1.807, 2.05) is 37.5 Å². The lowest BCUT2D eigenvalue weighted by Crippen LogP contribution is -2.36. The van der Waals surface area contributed by atoms with Crippen molar-refractivity contribution in [2.24, 2.45) is 4.99 Å². The van der Waals surface area contributed by atoms with Gasteiger partial charge < -0.3 is 24.7 Å². The number of imidazole rings is 1. The minimum Gasteiger partial charge on any atom is -0.454 e. The third kappa shape index (κ3) is 4.68. The number of aliphatic imine (C=N–C) groups is 1. The van der Waals surface area contributed by atoms with Crippen molar-refractivity contribution in [3.05, 3.63) is 77.4 Å². The zero-order valence-electron chi connectivity index (χ0n) is 16.7. The van der Waals surface area contributed by atoms with Gasteiger partial charge in [-0.15, -0.1) is 0 Å². The van der Waals surface area contributed by atoms with E-state index in [2.05, 4.69) is 49.4 Å². The molecule has 150 valence electrons. The summed E-state index contributed by atoms with van der Waals surface area (Å²) in [7, 11) is 1.77. The summed E-state index contributed by atoms with van der Waals surface area (Å²) in [6.07, 6.45) is 3.83. The Bertz CT molecular complexity index is 1010. The number of hydrogen-bond donors (Lipinski definition) is 2. The van der Waals surface area contributed by atoms with Crippen LogP contribution in [0.4, 0.5) is 0 Å². The first-order valence-electron chi connectivity index (χ1n) is 9.60. The Morgan fingerprint density at radius 1 is 1.03 bits per heavy atom.